The molecule has 2 N–H and O–H groups in total. The van der Waals surface area contributed by atoms with Gasteiger partial charge in [-0.15, -0.1) is 11.8 Å². The summed E-state index contributed by atoms with van der Waals surface area (Å²) in [7, 11) is 0. The van der Waals surface area contributed by atoms with Gasteiger partial charge in [0.1, 0.15) is 0 Å². The lowest BCUT2D eigenvalue weighted by molar-refractivity contribution is 1.26. The molecule has 8 bridgehead atoms. The molecule has 0 saturated carbocycles. The minimum Gasteiger partial charge on any atom is -0.354 e. The molecule has 10 rings (SSSR count). The van der Waals surface area contributed by atoms with E-state index >= 15 is 0 Å². The average Bonchev–Trinajstić information content (AvgIpc) is 4.14. The van der Waals surface area contributed by atoms with E-state index in [4.69, 9.17) is 9.97 Å². The second kappa shape index (κ2) is 17.4. The van der Waals surface area contributed by atoms with Crippen molar-refractivity contribution in [3.8, 4) is 56.3 Å². The monoisotopic (exact) mass is 970 g/mol. The number of nitrogens with one attached hydrogen (secondary N) is 2. The number of aryl methyl sites for hydroxylation is 6. The first-order valence-electron chi connectivity index (χ1n) is 21.9. The van der Waals surface area contributed by atoms with E-state index in [1.54, 1.807) is 11.8 Å². The molecule has 0 atom stereocenters. The van der Waals surface area contributed by atoms with Gasteiger partial charge in [-0.25, -0.2) is 9.97 Å². The van der Waals surface area contributed by atoms with Gasteiger partial charge in [0, 0.05) is 63.9 Å². The predicted octanol–water partition coefficient (Wildman–Crippen LogP) is 15.9. The van der Waals surface area contributed by atoms with Crippen molar-refractivity contribution in [1.29, 1.82) is 0 Å². The summed E-state index contributed by atoms with van der Waals surface area (Å²) in [6.07, 6.45) is 10.7. The number of H-pyrrole nitrogens is 2. The fourth-order valence-corrected chi connectivity index (χ4v) is 10.5. The smallest absolute Gasteiger partial charge is 0.0738 e. The largest absolute Gasteiger partial charge is 0.354 e. The molecule has 2 aliphatic rings. The minimum absolute atomic E-state index is 0.855. The van der Waals surface area contributed by atoms with Gasteiger partial charge in [-0.2, -0.15) is 0 Å². The molecule has 4 nitrogen and oxygen atoms in total. The first-order chi connectivity index (χ1) is 31.5. The second-order valence-corrected chi connectivity index (χ2v) is 19.2. The number of rotatable bonds is 5. The second-order valence-electron chi connectivity index (χ2n) is 17.1. The lowest BCUT2D eigenvalue weighted by Crippen LogP contribution is -1.95. The van der Waals surface area contributed by atoms with Gasteiger partial charge in [0.25, 0.3) is 0 Å². The van der Waals surface area contributed by atoms with Gasteiger partial charge >= 0.3 is 0 Å². The van der Waals surface area contributed by atoms with Crippen LogP contribution in [0, 0.1) is 57.0 Å². The fraction of sp³-hybridized carbons (Fsp3) is 0.119. The molecule has 0 aliphatic carbocycles. The Kier molecular flexibility index (Phi) is 11.3. The van der Waals surface area contributed by atoms with Gasteiger partial charge in [-0.1, -0.05) is 77.6 Å². The standard InChI is InChI=1S/C59H47IN4S/c1-34-29-36(3)54(37(4)30-34)58-50-25-21-46(61-50)56(42-15-13-40(14-16-42)11-12-41-9-8-10-45(33-41)65-7)47-22-26-51(62-47)59(55-38(5)31-35(2)32-39(55)6)53-28-24-49(64-53)57(48-23-27-52(58)63-48)43-17-19-44(60)20-18-43/h8-10,13-33,63-64H,1-7H3. The Morgan fingerprint density at radius 3 is 1.32 bits per heavy atom. The van der Waals surface area contributed by atoms with Crippen LogP contribution in [0.5, 0.6) is 0 Å². The third-order valence-electron chi connectivity index (χ3n) is 12.3. The van der Waals surface area contributed by atoms with Crippen molar-refractivity contribution < 1.29 is 0 Å². The Hall–Kier alpha value is -6.66. The van der Waals surface area contributed by atoms with E-state index in [-0.39, 0.29) is 0 Å². The maximum atomic E-state index is 5.57. The quantitative estimate of drug-likeness (QED) is 0.103. The van der Waals surface area contributed by atoms with Crippen molar-refractivity contribution >= 4 is 80.7 Å². The summed E-state index contributed by atoms with van der Waals surface area (Å²) in [5, 5.41) is 0. The number of thioether (sulfide) groups is 1. The molecule has 3 aromatic heterocycles. The van der Waals surface area contributed by atoms with E-state index in [1.807, 2.05) is 0 Å². The van der Waals surface area contributed by atoms with Crippen LogP contribution in [0.25, 0.3) is 90.9 Å². The third kappa shape index (κ3) is 8.20. The number of benzene rings is 5. The molecular formula is C59H47IN4S. The van der Waals surface area contributed by atoms with E-state index in [1.165, 1.54) is 53.0 Å². The van der Waals surface area contributed by atoms with Crippen LogP contribution in [-0.4, -0.2) is 26.2 Å². The summed E-state index contributed by atoms with van der Waals surface area (Å²) in [5.74, 6) is 6.78. The third-order valence-corrected chi connectivity index (χ3v) is 13.8. The Bertz CT molecular complexity index is 3330. The first kappa shape index (κ1) is 42.3. The summed E-state index contributed by atoms with van der Waals surface area (Å²) in [5.41, 5.74) is 25.4. The van der Waals surface area contributed by atoms with Crippen molar-refractivity contribution in [3.63, 3.8) is 0 Å². The summed E-state index contributed by atoms with van der Waals surface area (Å²) >= 11 is 4.11. The topological polar surface area (TPSA) is 57.4 Å². The van der Waals surface area contributed by atoms with Crippen LogP contribution in [0.4, 0.5) is 0 Å². The SMILES string of the molecule is CSc1cccc(C#Cc2ccc(-c3c4nc(c(-c5c(C)cc(C)cc5C)c5ccc([nH]5)c(-c5ccc(I)cc5)c5ccc([nH]5)c(-c5c(C)cc(C)cc5C)c5nc3C=C5)C=C4)cc2)c1. The zero-order chi connectivity index (χ0) is 44.9. The molecule has 0 amide bonds. The Morgan fingerprint density at radius 1 is 0.431 bits per heavy atom. The molecule has 65 heavy (non-hydrogen) atoms. The molecule has 6 heteroatoms. The zero-order valence-electron chi connectivity index (χ0n) is 37.5. The zero-order valence-corrected chi connectivity index (χ0v) is 40.5. The highest BCUT2D eigenvalue weighted by Crippen LogP contribution is 2.41. The lowest BCUT2D eigenvalue weighted by Gasteiger charge is -2.13. The van der Waals surface area contributed by atoms with Crippen LogP contribution in [0.15, 0.2) is 126 Å². The molecule has 0 saturated heterocycles. The van der Waals surface area contributed by atoms with E-state index in [0.29, 0.717) is 0 Å². The first-order valence-corrected chi connectivity index (χ1v) is 24.2. The lowest BCUT2D eigenvalue weighted by atomic mass is 9.92. The molecule has 316 valence electrons. The van der Waals surface area contributed by atoms with Crippen molar-refractivity contribution in [3.05, 3.63) is 192 Å². The molecule has 5 heterocycles. The van der Waals surface area contributed by atoms with Crippen molar-refractivity contribution in [2.45, 2.75) is 46.4 Å². The van der Waals surface area contributed by atoms with Crippen molar-refractivity contribution in [1.82, 2.24) is 19.9 Å². The van der Waals surface area contributed by atoms with Crippen LogP contribution >= 0.6 is 34.4 Å². The highest BCUT2D eigenvalue weighted by atomic mass is 127. The van der Waals surface area contributed by atoms with Crippen LogP contribution in [0.2, 0.25) is 0 Å². The molecule has 5 aromatic carbocycles. The molecule has 0 spiro atoms. The highest BCUT2D eigenvalue weighted by molar-refractivity contribution is 14.1. The van der Waals surface area contributed by atoms with E-state index in [0.717, 1.165) is 89.4 Å². The summed E-state index contributed by atoms with van der Waals surface area (Å²) in [6.45, 7) is 13.2. The van der Waals surface area contributed by atoms with Gasteiger partial charge in [0.05, 0.1) is 22.8 Å². The molecule has 2 aliphatic heterocycles. The normalized spacial score (nSPS) is 11.8. The van der Waals surface area contributed by atoms with Crippen LogP contribution < -0.4 is 0 Å². The maximum Gasteiger partial charge on any atom is 0.0738 e. The summed E-state index contributed by atoms with van der Waals surface area (Å²) in [4.78, 5) is 20.2. The van der Waals surface area contributed by atoms with Gasteiger partial charge in [0.2, 0.25) is 0 Å². The average molecular weight is 971 g/mol. The molecule has 0 unspecified atom stereocenters. The number of halogens is 1. The number of hydrogen-bond acceptors (Lipinski definition) is 3. The number of nitrogens with zero attached hydrogens (tertiary/aromatic N) is 2. The van der Waals surface area contributed by atoms with Gasteiger partial charge in [-0.3, -0.25) is 0 Å². The van der Waals surface area contributed by atoms with Gasteiger partial charge in [-0.05, 0) is 206 Å². The number of hydrogen-bond donors (Lipinski definition) is 2. The van der Waals surface area contributed by atoms with E-state index in [2.05, 4.69) is 238 Å². The highest BCUT2D eigenvalue weighted by Gasteiger charge is 2.22. The molecule has 0 radical (unpaired) electrons. The molecular weight excluding hydrogens is 924 g/mol. The van der Waals surface area contributed by atoms with Gasteiger partial charge < -0.3 is 9.97 Å². The Morgan fingerprint density at radius 2 is 0.846 bits per heavy atom. The van der Waals surface area contributed by atoms with E-state index < -0.39 is 0 Å². The van der Waals surface area contributed by atoms with Crippen LogP contribution in [0.3, 0.4) is 0 Å². The summed E-state index contributed by atoms with van der Waals surface area (Å²) in [6, 6.07) is 43.6. The fourth-order valence-electron chi connectivity index (χ4n) is 9.67. The van der Waals surface area contributed by atoms with Crippen LogP contribution in [0.1, 0.15) is 67.3 Å². The number of aromatic amines is 2. The molecule has 8 aromatic rings. The number of fused-ring (bicyclic) bond motifs is 8. The minimum atomic E-state index is 0.855. The van der Waals surface area contributed by atoms with Crippen LogP contribution in [-0.2, 0) is 0 Å². The number of aromatic nitrogens is 4. The Balaban J connectivity index is 1.32. The Labute approximate surface area is 399 Å². The summed E-state index contributed by atoms with van der Waals surface area (Å²) < 4.78 is 1.19. The van der Waals surface area contributed by atoms with Gasteiger partial charge in [0.15, 0.2) is 0 Å². The van der Waals surface area contributed by atoms with Crippen molar-refractivity contribution in [2.24, 2.45) is 0 Å². The van der Waals surface area contributed by atoms with Crippen molar-refractivity contribution in [2.75, 3.05) is 6.26 Å². The molecule has 0 fully saturated rings. The maximum absolute atomic E-state index is 5.57. The van der Waals surface area contributed by atoms with E-state index in [9.17, 15) is 0 Å². The predicted molar refractivity (Wildman–Crippen MR) is 286 cm³/mol.